The summed E-state index contributed by atoms with van der Waals surface area (Å²) < 4.78 is 10.5. The number of hydrogen-bond acceptors (Lipinski definition) is 7. The second-order valence-electron chi connectivity index (χ2n) is 10.3. The van der Waals surface area contributed by atoms with Crippen molar-refractivity contribution < 1.29 is 24.2 Å². The van der Waals surface area contributed by atoms with Crippen LogP contribution in [0.25, 0.3) is 21.6 Å². The zero-order valence-electron chi connectivity index (χ0n) is 22.4. The van der Waals surface area contributed by atoms with E-state index in [1.54, 1.807) is 51.4 Å². The predicted octanol–water partition coefficient (Wildman–Crippen LogP) is 5.56. The zero-order valence-corrected chi connectivity index (χ0v) is 23.2. The largest absolute Gasteiger partial charge is 0.496 e. The number of aromatic amines is 1. The molecule has 10 heteroatoms. The van der Waals surface area contributed by atoms with Crippen LogP contribution in [0.4, 0.5) is 4.79 Å². The lowest BCUT2D eigenvalue weighted by atomic mass is 10.1. The van der Waals surface area contributed by atoms with Crippen molar-refractivity contribution in [3.05, 3.63) is 45.1 Å². The molecule has 0 saturated carbocycles. The van der Waals surface area contributed by atoms with E-state index in [1.807, 2.05) is 18.4 Å². The fraction of sp³-hybridized carbons (Fsp3) is 0.481. The second-order valence-corrected chi connectivity index (χ2v) is 11.1. The van der Waals surface area contributed by atoms with E-state index in [1.165, 1.54) is 4.90 Å². The molecule has 1 saturated heterocycles. The Hall–Kier alpha value is -3.40. The minimum Gasteiger partial charge on any atom is -0.496 e. The number of likely N-dealkylation sites (tertiary alicyclic amines) is 1. The summed E-state index contributed by atoms with van der Waals surface area (Å²) in [5.74, 6) is 0.180. The first kappa shape index (κ1) is 28.2. The van der Waals surface area contributed by atoms with Gasteiger partial charge < -0.3 is 19.6 Å². The lowest BCUT2D eigenvalue weighted by Gasteiger charge is -2.26. The number of nitrogens with zero attached hydrogens (tertiary/aromatic N) is 2. The van der Waals surface area contributed by atoms with E-state index >= 15 is 0 Å². The molecule has 0 unspecified atom stereocenters. The molecule has 1 atom stereocenters. The van der Waals surface area contributed by atoms with E-state index in [9.17, 15) is 14.4 Å². The highest BCUT2D eigenvalue weighted by molar-refractivity contribution is 7.13. The molecule has 1 amide bonds. The number of aryl methyl sites for hydroxylation is 1. The van der Waals surface area contributed by atoms with E-state index in [2.05, 4.69) is 23.8 Å². The van der Waals surface area contributed by atoms with Crippen LogP contribution in [-0.4, -0.2) is 57.3 Å². The summed E-state index contributed by atoms with van der Waals surface area (Å²) >= 11 is 1.55. The van der Waals surface area contributed by atoms with Gasteiger partial charge in [0.2, 0.25) is 0 Å². The van der Waals surface area contributed by atoms with E-state index in [4.69, 9.17) is 14.6 Å². The van der Waals surface area contributed by atoms with Crippen LogP contribution in [0.1, 0.15) is 64.6 Å². The summed E-state index contributed by atoms with van der Waals surface area (Å²) in [5.41, 5.74) is 2.95. The van der Waals surface area contributed by atoms with Crippen molar-refractivity contribution in [1.29, 1.82) is 0 Å². The molecule has 37 heavy (non-hydrogen) atoms. The van der Waals surface area contributed by atoms with Crippen LogP contribution in [0.15, 0.2) is 28.4 Å². The Bertz CT molecular complexity index is 1340. The molecule has 1 fully saturated rings. The number of carboxylic acids is 1. The van der Waals surface area contributed by atoms with Gasteiger partial charge in [0.1, 0.15) is 22.4 Å². The van der Waals surface area contributed by atoms with Crippen LogP contribution in [0.2, 0.25) is 0 Å². The lowest BCUT2D eigenvalue weighted by molar-refractivity contribution is -0.142. The molecule has 0 radical (unpaired) electrons. The van der Waals surface area contributed by atoms with Gasteiger partial charge in [0, 0.05) is 28.9 Å². The van der Waals surface area contributed by atoms with Crippen LogP contribution in [0.5, 0.6) is 5.75 Å². The van der Waals surface area contributed by atoms with Crippen LogP contribution < -0.4 is 10.2 Å². The quantitative estimate of drug-likeness (QED) is 0.453. The number of aliphatic carboxylic acids is 1. The van der Waals surface area contributed by atoms with Crippen LogP contribution in [-0.2, 0) is 9.53 Å². The Labute approximate surface area is 220 Å². The molecule has 200 valence electrons. The van der Waals surface area contributed by atoms with Crippen molar-refractivity contribution in [1.82, 2.24) is 14.9 Å². The number of carbonyl (C=O) groups excluding carboxylic acids is 1. The molecule has 9 nitrogen and oxygen atoms in total. The fourth-order valence-electron chi connectivity index (χ4n) is 4.01. The fourth-order valence-corrected chi connectivity index (χ4v) is 4.96. The molecule has 1 aliphatic heterocycles. The first-order chi connectivity index (χ1) is 17.3. The second kappa shape index (κ2) is 11.3. The number of H-pyrrole nitrogens is 1. The van der Waals surface area contributed by atoms with Crippen molar-refractivity contribution in [2.45, 2.75) is 71.9 Å². The van der Waals surface area contributed by atoms with E-state index in [0.717, 1.165) is 39.6 Å². The molecular weight excluding hydrogens is 494 g/mol. The minimum atomic E-state index is -0.960. The average Bonchev–Trinajstić information content (AvgIpc) is 3.49. The van der Waals surface area contributed by atoms with Crippen LogP contribution in [0, 0.1) is 6.92 Å². The number of rotatable bonds is 4. The molecule has 4 rings (SSSR count). The number of pyridine rings is 1. The summed E-state index contributed by atoms with van der Waals surface area (Å²) in [6, 6.07) is 4.52. The number of fused-ring (bicyclic) bond motifs is 1. The number of nitrogens with one attached hydrogen (secondary N) is 1. The molecule has 2 N–H and O–H groups in total. The highest BCUT2D eigenvalue weighted by Gasteiger charge is 2.36. The summed E-state index contributed by atoms with van der Waals surface area (Å²) in [5, 5.41) is 12.4. The molecule has 3 aromatic rings. The van der Waals surface area contributed by atoms with Gasteiger partial charge in [0.15, 0.2) is 5.43 Å². The Morgan fingerprint density at radius 1 is 1.27 bits per heavy atom. The Morgan fingerprint density at radius 3 is 2.54 bits per heavy atom. The number of benzene rings is 1. The van der Waals surface area contributed by atoms with Gasteiger partial charge >= 0.3 is 12.1 Å². The maximum Gasteiger partial charge on any atom is 0.411 e. The van der Waals surface area contributed by atoms with Gasteiger partial charge in [-0.2, -0.15) is 0 Å². The topological polar surface area (TPSA) is 122 Å². The number of hydrogen-bond donors (Lipinski definition) is 2. The van der Waals surface area contributed by atoms with Gasteiger partial charge in [-0.3, -0.25) is 9.69 Å². The first-order valence-electron chi connectivity index (χ1n) is 12.2. The molecule has 2 aromatic heterocycles. The number of amides is 1. The van der Waals surface area contributed by atoms with Gasteiger partial charge in [-0.25, -0.2) is 14.6 Å². The Balaban J connectivity index is 0.000000222. The third kappa shape index (κ3) is 6.68. The molecule has 0 bridgehead atoms. The number of aromatic nitrogens is 2. The standard InChI is InChI=1S/C17H18N2O2S.C10H17NO4/c1-9(2)13-8-22-17(19-13)12-7-14(20)11-5-6-15(21-4)10(3)16(11)18-12;1-10(2,3)15-9(14)11-6-4-5-7(11)8(12)13/h5-9H,1-4H3,(H,18,20);7H,4-6H2,1-3H3,(H,12,13)/t;7-/m.0/s1. The molecule has 3 heterocycles. The first-order valence-corrected chi connectivity index (χ1v) is 13.1. The third-order valence-corrected chi connectivity index (χ3v) is 6.84. The number of carbonyl (C=O) groups is 2. The summed E-state index contributed by atoms with van der Waals surface area (Å²) in [4.78, 5) is 44.1. The predicted molar refractivity (Wildman–Crippen MR) is 145 cm³/mol. The highest BCUT2D eigenvalue weighted by Crippen LogP contribution is 2.29. The smallest absolute Gasteiger partial charge is 0.411 e. The van der Waals surface area contributed by atoms with Crippen LogP contribution in [0.3, 0.4) is 0 Å². The van der Waals surface area contributed by atoms with E-state index in [-0.39, 0.29) is 5.43 Å². The number of carboxylic acid groups (broad SMARTS) is 1. The van der Waals surface area contributed by atoms with Crippen molar-refractivity contribution in [3.8, 4) is 16.5 Å². The molecule has 0 spiro atoms. The summed E-state index contributed by atoms with van der Waals surface area (Å²) in [6.07, 6.45) is 0.692. The molecular formula is C27H35N3O6S. The van der Waals surface area contributed by atoms with Gasteiger partial charge in [-0.05, 0) is 58.6 Å². The molecule has 1 aromatic carbocycles. The Kier molecular flexibility index (Phi) is 8.63. The summed E-state index contributed by atoms with van der Waals surface area (Å²) in [6.45, 7) is 11.9. The van der Waals surface area contributed by atoms with E-state index in [0.29, 0.717) is 24.3 Å². The van der Waals surface area contributed by atoms with Crippen molar-refractivity contribution in [3.63, 3.8) is 0 Å². The lowest BCUT2D eigenvalue weighted by Crippen LogP contribution is -2.43. The maximum atomic E-state index is 12.4. The minimum absolute atomic E-state index is 0.00389. The van der Waals surface area contributed by atoms with Gasteiger partial charge in [-0.15, -0.1) is 11.3 Å². The normalized spacial score (nSPS) is 15.5. The highest BCUT2D eigenvalue weighted by atomic mass is 32.1. The van der Waals surface area contributed by atoms with E-state index < -0.39 is 23.7 Å². The third-order valence-electron chi connectivity index (χ3n) is 5.95. The van der Waals surface area contributed by atoms with Crippen molar-refractivity contribution in [2.24, 2.45) is 0 Å². The Morgan fingerprint density at radius 2 is 1.97 bits per heavy atom. The average molecular weight is 530 g/mol. The number of methoxy groups -OCH3 is 1. The van der Waals surface area contributed by atoms with Gasteiger partial charge in [0.25, 0.3) is 0 Å². The van der Waals surface area contributed by atoms with Crippen molar-refractivity contribution >= 4 is 34.3 Å². The SMILES string of the molecule is CC(C)(C)OC(=O)N1CCC[C@H]1C(=O)O.COc1ccc2c(=O)cc(-c3nc(C(C)C)cs3)[nH]c2c1C. The summed E-state index contributed by atoms with van der Waals surface area (Å²) in [7, 11) is 1.63. The molecule has 0 aliphatic carbocycles. The maximum absolute atomic E-state index is 12.4. The van der Waals surface area contributed by atoms with Crippen molar-refractivity contribution in [2.75, 3.05) is 13.7 Å². The zero-order chi connectivity index (χ0) is 27.5. The van der Waals surface area contributed by atoms with Gasteiger partial charge in [0.05, 0.1) is 24.0 Å². The number of ether oxygens (including phenoxy) is 2. The number of thiazole rings is 1. The van der Waals surface area contributed by atoms with Gasteiger partial charge in [-0.1, -0.05) is 13.8 Å². The molecule has 1 aliphatic rings. The van der Waals surface area contributed by atoms with Crippen LogP contribution >= 0.6 is 11.3 Å². The monoisotopic (exact) mass is 529 g/mol.